The van der Waals surface area contributed by atoms with Gasteiger partial charge in [-0.25, -0.2) is 0 Å². The van der Waals surface area contributed by atoms with Crippen LogP contribution in [0.4, 0.5) is 13.2 Å². The fourth-order valence-corrected chi connectivity index (χ4v) is 0.802. The number of alkyl halides is 3. The van der Waals surface area contributed by atoms with Gasteiger partial charge in [-0.05, 0) is 6.42 Å². The molecule has 0 fully saturated rings. The van der Waals surface area contributed by atoms with Gasteiger partial charge in [0, 0.05) is 0 Å². The zero-order valence-corrected chi connectivity index (χ0v) is 7.52. The molecule has 0 rings (SSSR count). The Balaban J connectivity index is 4.11. The molecule has 0 radical (unpaired) electrons. The molecule has 0 aliphatic rings. The van der Waals surface area contributed by atoms with Crippen molar-refractivity contribution in [1.82, 2.24) is 5.32 Å². The minimum atomic E-state index is -4.57. The van der Waals surface area contributed by atoms with E-state index < -0.39 is 30.5 Å². The van der Waals surface area contributed by atoms with Gasteiger partial charge in [0.15, 0.2) is 0 Å². The first-order chi connectivity index (χ1) is 6.26. The maximum absolute atomic E-state index is 11.7. The van der Waals surface area contributed by atoms with Gasteiger partial charge in [-0.3, -0.25) is 9.59 Å². The number of carbonyl (C=O) groups is 2. The van der Waals surface area contributed by atoms with Crippen molar-refractivity contribution in [3.8, 4) is 0 Å². The van der Waals surface area contributed by atoms with Crippen LogP contribution < -0.4 is 11.1 Å². The minimum absolute atomic E-state index is 0.166. The first kappa shape index (κ1) is 12.7. The van der Waals surface area contributed by atoms with E-state index in [9.17, 15) is 22.8 Å². The fraction of sp³-hybridized carbons (Fsp3) is 0.714. The van der Waals surface area contributed by atoms with Gasteiger partial charge >= 0.3 is 6.18 Å². The van der Waals surface area contributed by atoms with Crippen molar-refractivity contribution in [1.29, 1.82) is 0 Å². The first-order valence-corrected chi connectivity index (χ1v) is 3.91. The maximum atomic E-state index is 11.7. The number of nitrogens with two attached hydrogens (primary N) is 1. The standard InChI is InChI=1S/C7H11F3N2O2/c1-2-4(6(11)14)12-5(13)3-7(8,9)10/h4H,2-3H2,1H3,(H2,11,14)(H,12,13). The molecule has 0 aromatic heterocycles. The van der Waals surface area contributed by atoms with Crippen LogP contribution in [0.5, 0.6) is 0 Å². The molecule has 3 N–H and O–H groups in total. The van der Waals surface area contributed by atoms with E-state index in [0.717, 1.165) is 0 Å². The SMILES string of the molecule is CCC(NC(=O)CC(F)(F)F)C(N)=O. The van der Waals surface area contributed by atoms with Crippen LogP contribution >= 0.6 is 0 Å². The van der Waals surface area contributed by atoms with E-state index >= 15 is 0 Å². The van der Waals surface area contributed by atoms with Gasteiger partial charge in [-0.15, -0.1) is 0 Å². The zero-order valence-electron chi connectivity index (χ0n) is 7.52. The maximum Gasteiger partial charge on any atom is 0.397 e. The predicted molar refractivity (Wildman–Crippen MR) is 42.1 cm³/mol. The third-order valence-electron chi connectivity index (χ3n) is 1.45. The van der Waals surface area contributed by atoms with E-state index in [4.69, 9.17) is 5.73 Å². The van der Waals surface area contributed by atoms with Crippen molar-refractivity contribution < 1.29 is 22.8 Å². The number of carbonyl (C=O) groups excluding carboxylic acids is 2. The van der Waals surface area contributed by atoms with Crippen LogP contribution in [-0.2, 0) is 9.59 Å². The third-order valence-corrected chi connectivity index (χ3v) is 1.45. The normalized spacial score (nSPS) is 13.4. The Labute approximate surface area is 78.6 Å². The summed E-state index contributed by atoms with van der Waals surface area (Å²) in [5.41, 5.74) is 4.82. The fourth-order valence-electron chi connectivity index (χ4n) is 0.802. The second-order valence-electron chi connectivity index (χ2n) is 2.72. The minimum Gasteiger partial charge on any atom is -0.368 e. The molecular formula is C7H11F3N2O2. The van der Waals surface area contributed by atoms with Gasteiger partial charge in [0.05, 0.1) is 0 Å². The average Bonchev–Trinajstić information content (AvgIpc) is 1.96. The highest BCUT2D eigenvalue weighted by Gasteiger charge is 2.32. The molecule has 0 aromatic carbocycles. The predicted octanol–water partition coefficient (Wildman–Crippen LogP) is 0.319. The molecule has 0 saturated heterocycles. The number of hydrogen-bond donors (Lipinski definition) is 2. The van der Waals surface area contributed by atoms with Crippen molar-refractivity contribution in [3.05, 3.63) is 0 Å². The molecule has 4 nitrogen and oxygen atoms in total. The molecule has 0 spiro atoms. The number of amides is 2. The average molecular weight is 212 g/mol. The monoisotopic (exact) mass is 212 g/mol. The van der Waals surface area contributed by atoms with Crippen molar-refractivity contribution in [2.75, 3.05) is 0 Å². The summed E-state index contributed by atoms with van der Waals surface area (Å²) in [6.45, 7) is 1.53. The van der Waals surface area contributed by atoms with Crippen LogP contribution in [-0.4, -0.2) is 24.0 Å². The Morgan fingerprint density at radius 1 is 1.43 bits per heavy atom. The summed E-state index contributed by atoms with van der Waals surface area (Å²) in [4.78, 5) is 21.3. The lowest BCUT2D eigenvalue weighted by Gasteiger charge is -2.13. The van der Waals surface area contributed by atoms with Gasteiger partial charge in [0.1, 0.15) is 12.5 Å². The highest BCUT2D eigenvalue weighted by molar-refractivity contribution is 5.86. The van der Waals surface area contributed by atoms with E-state index in [2.05, 4.69) is 0 Å². The van der Waals surface area contributed by atoms with Gasteiger partial charge in [-0.1, -0.05) is 6.92 Å². The van der Waals surface area contributed by atoms with Crippen molar-refractivity contribution in [2.45, 2.75) is 32.0 Å². The lowest BCUT2D eigenvalue weighted by Crippen LogP contribution is -2.45. The molecule has 0 aromatic rings. The molecule has 14 heavy (non-hydrogen) atoms. The van der Waals surface area contributed by atoms with E-state index in [1.54, 1.807) is 0 Å². The van der Waals surface area contributed by atoms with Gasteiger partial charge in [-0.2, -0.15) is 13.2 Å². The molecule has 0 aliphatic carbocycles. The Morgan fingerprint density at radius 2 is 1.93 bits per heavy atom. The summed E-state index contributed by atoms with van der Waals surface area (Å²) >= 11 is 0. The van der Waals surface area contributed by atoms with E-state index in [-0.39, 0.29) is 6.42 Å². The molecule has 0 heterocycles. The Hall–Kier alpha value is -1.27. The molecular weight excluding hydrogens is 201 g/mol. The summed E-state index contributed by atoms with van der Waals surface area (Å²) in [7, 11) is 0. The highest BCUT2D eigenvalue weighted by Crippen LogP contribution is 2.18. The number of halogens is 3. The van der Waals surface area contributed by atoms with Crippen LogP contribution in [0.2, 0.25) is 0 Å². The molecule has 1 unspecified atom stereocenters. The molecule has 0 aliphatic heterocycles. The van der Waals surface area contributed by atoms with E-state index in [1.807, 2.05) is 5.32 Å². The smallest absolute Gasteiger partial charge is 0.368 e. The number of rotatable bonds is 4. The van der Waals surface area contributed by atoms with Gasteiger partial charge in [0.25, 0.3) is 0 Å². The van der Waals surface area contributed by atoms with Crippen molar-refractivity contribution >= 4 is 11.8 Å². The number of nitrogens with one attached hydrogen (secondary N) is 1. The first-order valence-electron chi connectivity index (χ1n) is 3.91. The van der Waals surface area contributed by atoms with Crippen LogP contribution in [0, 0.1) is 0 Å². The number of hydrogen-bond acceptors (Lipinski definition) is 2. The topological polar surface area (TPSA) is 72.2 Å². The van der Waals surface area contributed by atoms with Crippen LogP contribution in [0.25, 0.3) is 0 Å². The van der Waals surface area contributed by atoms with Crippen molar-refractivity contribution in [2.24, 2.45) is 5.73 Å². The van der Waals surface area contributed by atoms with E-state index in [0.29, 0.717) is 0 Å². The number of primary amides is 1. The molecule has 82 valence electrons. The Morgan fingerprint density at radius 3 is 2.21 bits per heavy atom. The van der Waals surface area contributed by atoms with Crippen LogP contribution in [0.15, 0.2) is 0 Å². The molecule has 0 bridgehead atoms. The van der Waals surface area contributed by atoms with Crippen LogP contribution in [0.3, 0.4) is 0 Å². The summed E-state index contributed by atoms with van der Waals surface area (Å²) < 4.78 is 35.1. The lowest BCUT2D eigenvalue weighted by atomic mass is 10.2. The Kier molecular flexibility index (Phi) is 4.39. The third kappa shape index (κ3) is 5.39. The molecule has 2 amide bonds. The van der Waals surface area contributed by atoms with E-state index in [1.165, 1.54) is 6.92 Å². The Bertz CT molecular complexity index is 227. The highest BCUT2D eigenvalue weighted by atomic mass is 19.4. The quantitative estimate of drug-likeness (QED) is 0.704. The van der Waals surface area contributed by atoms with Gasteiger partial charge in [0.2, 0.25) is 11.8 Å². The second-order valence-corrected chi connectivity index (χ2v) is 2.72. The summed E-state index contributed by atoms with van der Waals surface area (Å²) in [6, 6.07) is -1.04. The van der Waals surface area contributed by atoms with Gasteiger partial charge < -0.3 is 11.1 Å². The lowest BCUT2D eigenvalue weighted by molar-refractivity contribution is -0.155. The van der Waals surface area contributed by atoms with Crippen molar-refractivity contribution in [3.63, 3.8) is 0 Å². The molecule has 7 heteroatoms. The summed E-state index contributed by atoms with van der Waals surface area (Å²) in [5, 5.41) is 1.89. The largest absolute Gasteiger partial charge is 0.397 e. The van der Waals surface area contributed by atoms with Crippen LogP contribution in [0.1, 0.15) is 19.8 Å². The zero-order chi connectivity index (χ0) is 11.4. The summed E-state index contributed by atoms with van der Waals surface area (Å²) in [5.74, 6) is -2.09. The summed E-state index contributed by atoms with van der Waals surface area (Å²) in [6.07, 6.45) is -6.00. The second kappa shape index (κ2) is 4.83. The molecule has 1 atom stereocenters. The molecule has 0 saturated carbocycles.